The molecule has 1 unspecified atom stereocenters. The van der Waals surface area contributed by atoms with Gasteiger partial charge >= 0.3 is 0 Å². The number of hydrogen-bond acceptors (Lipinski definition) is 6. The molecular weight excluding hydrogens is 362 g/mol. The number of nitrogens with two attached hydrogens (primary N) is 1. The number of rotatable bonds is 8. The van der Waals surface area contributed by atoms with Crippen molar-refractivity contribution in [2.45, 2.75) is 12.6 Å². The highest BCUT2D eigenvalue weighted by atomic mass is 35.5. The monoisotopic (exact) mass is 383 g/mol. The first-order chi connectivity index (χ1) is 12.0. The Morgan fingerprint density at radius 3 is 2.50 bits per heavy atom. The molecule has 1 aromatic heterocycles. The van der Waals surface area contributed by atoms with Crippen molar-refractivity contribution in [3.63, 3.8) is 0 Å². The summed E-state index contributed by atoms with van der Waals surface area (Å²) in [7, 11) is 3.04. The van der Waals surface area contributed by atoms with Crippen LogP contribution in [0.5, 0.6) is 5.75 Å². The number of nitrogens with zero attached hydrogens (tertiary/aromatic N) is 2. The van der Waals surface area contributed by atoms with Gasteiger partial charge in [-0.1, -0.05) is 0 Å². The Kier molecular flexibility index (Phi) is 8.56. The van der Waals surface area contributed by atoms with Crippen LogP contribution in [0.25, 0.3) is 0 Å². The number of carbonyl (C=O) groups is 2. The zero-order valence-electron chi connectivity index (χ0n) is 14.5. The quantitative estimate of drug-likeness (QED) is 0.621. The van der Waals surface area contributed by atoms with Crippen LogP contribution in [0.3, 0.4) is 0 Å². The summed E-state index contributed by atoms with van der Waals surface area (Å²) in [5.41, 5.74) is 6.74. The van der Waals surface area contributed by atoms with Crippen molar-refractivity contribution >= 4 is 35.6 Å². The number of ether oxygens (including phenoxy) is 2. The number of hydrogen-bond donors (Lipinski definition) is 3. The molecule has 1 atom stereocenters. The van der Waals surface area contributed by atoms with Gasteiger partial charge in [0.1, 0.15) is 18.3 Å². The number of nitrogens with one attached hydrogen (secondary N) is 2. The van der Waals surface area contributed by atoms with Gasteiger partial charge in [0.05, 0.1) is 25.6 Å². The normalized spacial score (nSPS) is 11.2. The fourth-order valence-electron chi connectivity index (χ4n) is 2.03. The second kappa shape index (κ2) is 10.4. The predicted octanol–water partition coefficient (Wildman–Crippen LogP) is 0.864. The highest BCUT2D eigenvalue weighted by Gasteiger charge is 2.14. The average molecular weight is 384 g/mol. The molecule has 1 heterocycles. The summed E-state index contributed by atoms with van der Waals surface area (Å²) in [5, 5.41) is 9.39. The number of anilines is 2. The summed E-state index contributed by atoms with van der Waals surface area (Å²) >= 11 is 0. The van der Waals surface area contributed by atoms with E-state index in [0.29, 0.717) is 17.1 Å². The molecule has 0 bridgehead atoms. The maximum Gasteiger partial charge on any atom is 0.246 e. The van der Waals surface area contributed by atoms with Gasteiger partial charge in [-0.25, -0.2) is 0 Å². The molecule has 2 amide bonds. The molecule has 10 heteroatoms. The Balaban J connectivity index is 0.00000338. The Hall–Kier alpha value is -2.62. The van der Waals surface area contributed by atoms with Crippen LogP contribution in [-0.2, 0) is 20.9 Å². The zero-order chi connectivity index (χ0) is 18.2. The molecular formula is C16H22ClN5O4. The van der Waals surface area contributed by atoms with Gasteiger partial charge in [-0.2, -0.15) is 5.10 Å². The van der Waals surface area contributed by atoms with E-state index in [1.54, 1.807) is 37.6 Å². The van der Waals surface area contributed by atoms with Crippen molar-refractivity contribution < 1.29 is 19.1 Å². The van der Waals surface area contributed by atoms with Gasteiger partial charge in [-0.3, -0.25) is 14.3 Å². The van der Waals surface area contributed by atoms with Gasteiger partial charge in [0.15, 0.2) is 0 Å². The van der Waals surface area contributed by atoms with Crippen LogP contribution in [-0.4, -0.2) is 48.5 Å². The van der Waals surface area contributed by atoms with E-state index in [1.807, 2.05) is 0 Å². The number of methoxy groups -OCH3 is 2. The smallest absolute Gasteiger partial charge is 0.246 e. The zero-order valence-corrected chi connectivity index (χ0v) is 15.3. The first-order valence-electron chi connectivity index (χ1n) is 7.53. The van der Waals surface area contributed by atoms with E-state index >= 15 is 0 Å². The third-order valence-corrected chi connectivity index (χ3v) is 3.26. The van der Waals surface area contributed by atoms with Gasteiger partial charge < -0.3 is 25.8 Å². The lowest BCUT2D eigenvalue weighted by molar-refractivity contribution is -0.118. The van der Waals surface area contributed by atoms with E-state index in [2.05, 4.69) is 15.7 Å². The van der Waals surface area contributed by atoms with Crippen molar-refractivity contribution in [1.29, 1.82) is 0 Å². The third kappa shape index (κ3) is 6.36. The molecule has 2 aromatic rings. The minimum Gasteiger partial charge on any atom is -0.497 e. The predicted molar refractivity (Wildman–Crippen MR) is 99.6 cm³/mol. The van der Waals surface area contributed by atoms with Crippen molar-refractivity contribution in [2.75, 3.05) is 31.5 Å². The molecule has 4 N–H and O–H groups in total. The minimum absolute atomic E-state index is 0. The Labute approximate surface area is 157 Å². The largest absolute Gasteiger partial charge is 0.497 e. The van der Waals surface area contributed by atoms with Crippen LogP contribution in [0.2, 0.25) is 0 Å². The molecule has 0 radical (unpaired) electrons. The maximum atomic E-state index is 12.0. The molecule has 9 nitrogen and oxygen atoms in total. The molecule has 26 heavy (non-hydrogen) atoms. The number of benzene rings is 1. The van der Waals surface area contributed by atoms with Crippen LogP contribution >= 0.6 is 12.4 Å². The fourth-order valence-corrected chi connectivity index (χ4v) is 2.03. The summed E-state index contributed by atoms with van der Waals surface area (Å²) in [4.78, 5) is 23.8. The van der Waals surface area contributed by atoms with E-state index in [-0.39, 0.29) is 37.4 Å². The van der Waals surface area contributed by atoms with Gasteiger partial charge in [-0.15, -0.1) is 12.4 Å². The lowest BCUT2D eigenvalue weighted by Gasteiger charge is -2.09. The van der Waals surface area contributed by atoms with Gasteiger partial charge in [0.2, 0.25) is 11.8 Å². The molecule has 0 aliphatic carbocycles. The number of aromatic nitrogens is 2. The van der Waals surface area contributed by atoms with Gasteiger partial charge in [0, 0.05) is 19.0 Å². The first kappa shape index (κ1) is 21.4. The van der Waals surface area contributed by atoms with Crippen LogP contribution in [0.4, 0.5) is 11.4 Å². The standard InChI is InChI=1S/C16H21N5O4.ClH/c1-24-10-14(17)16(23)20-12-7-18-21(8-12)9-15(22)19-11-3-5-13(25-2)6-4-11;/h3-8,14H,9-10,17H2,1-2H3,(H,19,22)(H,20,23);1H. The molecule has 0 saturated carbocycles. The van der Waals surface area contributed by atoms with Crippen molar-refractivity contribution in [2.24, 2.45) is 5.73 Å². The third-order valence-electron chi connectivity index (χ3n) is 3.26. The fraction of sp³-hybridized carbons (Fsp3) is 0.312. The van der Waals surface area contributed by atoms with E-state index < -0.39 is 6.04 Å². The van der Waals surface area contributed by atoms with E-state index in [0.717, 1.165) is 0 Å². The highest BCUT2D eigenvalue weighted by molar-refractivity contribution is 5.94. The minimum atomic E-state index is -0.772. The molecule has 142 valence electrons. The molecule has 0 aliphatic heterocycles. The number of carbonyl (C=O) groups excluding carboxylic acids is 2. The van der Waals surface area contributed by atoms with Crippen LogP contribution in [0.15, 0.2) is 36.7 Å². The van der Waals surface area contributed by atoms with Crippen LogP contribution < -0.4 is 21.1 Å². The van der Waals surface area contributed by atoms with Crippen LogP contribution in [0, 0.1) is 0 Å². The second-order valence-corrected chi connectivity index (χ2v) is 5.25. The average Bonchev–Trinajstić information content (AvgIpc) is 3.02. The summed E-state index contributed by atoms with van der Waals surface area (Å²) < 4.78 is 11.3. The van der Waals surface area contributed by atoms with Crippen molar-refractivity contribution in [3.8, 4) is 5.75 Å². The Morgan fingerprint density at radius 1 is 1.19 bits per heavy atom. The SMILES string of the molecule is COCC(N)C(=O)Nc1cnn(CC(=O)Nc2ccc(OC)cc2)c1.Cl. The van der Waals surface area contributed by atoms with E-state index in [9.17, 15) is 9.59 Å². The maximum absolute atomic E-state index is 12.0. The molecule has 0 spiro atoms. The highest BCUT2D eigenvalue weighted by Crippen LogP contribution is 2.15. The summed E-state index contributed by atoms with van der Waals surface area (Å²) in [6.45, 7) is 0.121. The summed E-state index contributed by atoms with van der Waals surface area (Å²) in [5.74, 6) is 0.0726. The van der Waals surface area contributed by atoms with E-state index in [4.69, 9.17) is 15.2 Å². The van der Waals surface area contributed by atoms with Crippen LogP contribution in [0.1, 0.15) is 0 Å². The van der Waals surface area contributed by atoms with Crippen molar-refractivity contribution in [1.82, 2.24) is 9.78 Å². The van der Waals surface area contributed by atoms with Crippen molar-refractivity contribution in [3.05, 3.63) is 36.7 Å². The molecule has 2 rings (SSSR count). The summed E-state index contributed by atoms with van der Waals surface area (Å²) in [6, 6.07) is 6.21. The van der Waals surface area contributed by atoms with Gasteiger partial charge in [-0.05, 0) is 24.3 Å². The molecule has 0 saturated heterocycles. The topological polar surface area (TPSA) is 120 Å². The lowest BCUT2D eigenvalue weighted by atomic mass is 10.3. The van der Waals surface area contributed by atoms with E-state index in [1.165, 1.54) is 18.0 Å². The Bertz CT molecular complexity index is 720. The Morgan fingerprint density at radius 2 is 1.88 bits per heavy atom. The molecule has 0 aliphatic rings. The second-order valence-electron chi connectivity index (χ2n) is 5.25. The lowest BCUT2D eigenvalue weighted by Crippen LogP contribution is -2.39. The number of halogens is 1. The molecule has 1 aromatic carbocycles. The number of amides is 2. The summed E-state index contributed by atoms with van der Waals surface area (Å²) in [6.07, 6.45) is 2.99. The first-order valence-corrected chi connectivity index (χ1v) is 7.53. The molecule has 0 fully saturated rings. The van der Waals surface area contributed by atoms with Gasteiger partial charge in [0.25, 0.3) is 0 Å².